The zero-order valence-electron chi connectivity index (χ0n) is 13.4. The van der Waals surface area contributed by atoms with Gasteiger partial charge < -0.3 is 4.90 Å². The van der Waals surface area contributed by atoms with Gasteiger partial charge in [0.25, 0.3) is 0 Å². The Bertz CT molecular complexity index is 737. The molecule has 0 aromatic heterocycles. The second-order valence-electron chi connectivity index (χ2n) is 5.82. The molecule has 22 heavy (non-hydrogen) atoms. The molecular formula is C21H21N. The minimum absolute atomic E-state index is 1.20. The number of nitrogens with zero attached hydrogens (tertiary/aromatic N) is 1. The van der Waals surface area contributed by atoms with Crippen molar-refractivity contribution in [3.63, 3.8) is 0 Å². The van der Waals surface area contributed by atoms with E-state index in [9.17, 15) is 0 Å². The first-order valence-corrected chi connectivity index (χ1v) is 7.61. The van der Waals surface area contributed by atoms with E-state index >= 15 is 0 Å². The molecule has 0 aliphatic heterocycles. The van der Waals surface area contributed by atoms with Gasteiger partial charge in [0.1, 0.15) is 0 Å². The van der Waals surface area contributed by atoms with Crippen LogP contribution in [-0.4, -0.2) is 7.05 Å². The van der Waals surface area contributed by atoms with Gasteiger partial charge in [-0.2, -0.15) is 0 Å². The number of aryl methyl sites for hydroxylation is 2. The maximum atomic E-state index is 2.23. The fourth-order valence-corrected chi connectivity index (χ4v) is 2.80. The Morgan fingerprint density at radius 3 is 1.73 bits per heavy atom. The van der Waals surface area contributed by atoms with Crippen LogP contribution >= 0.6 is 0 Å². The number of rotatable bonds is 3. The molecule has 0 radical (unpaired) electrons. The lowest BCUT2D eigenvalue weighted by molar-refractivity contribution is 1.19. The lowest BCUT2D eigenvalue weighted by atomic mass is 10.1. The molecule has 0 unspecified atom stereocenters. The fraction of sp³-hybridized carbons (Fsp3) is 0.143. The zero-order valence-corrected chi connectivity index (χ0v) is 13.4. The van der Waals surface area contributed by atoms with Crippen LogP contribution in [0.3, 0.4) is 0 Å². The van der Waals surface area contributed by atoms with Gasteiger partial charge in [-0.1, -0.05) is 48.5 Å². The van der Waals surface area contributed by atoms with Gasteiger partial charge in [0.05, 0.1) is 0 Å². The molecule has 0 N–H and O–H groups in total. The van der Waals surface area contributed by atoms with Gasteiger partial charge in [-0.3, -0.25) is 0 Å². The van der Waals surface area contributed by atoms with Crippen LogP contribution in [0.25, 0.3) is 11.1 Å². The van der Waals surface area contributed by atoms with Gasteiger partial charge in [0, 0.05) is 18.4 Å². The Labute approximate surface area is 132 Å². The average Bonchev–Trinajstić information content (AvgIpc) is 2.54. The molecule has 110 valence electrons. The summed E-state index contributed by atoms with van der Waals surface area (Å²) < 4.78 is 0. The van der Waals surface area contributed by atoms with E-state index < -0.39 is 0 Å². The van der Waals surface area contributed by atoms with E-state index in [1.165, 1.54) is 33.6 Å². The van der Waals surface area contributed by atoms with Crippen LogP contribution in [0, 0.1) is 13.8 Å². The quantitative estimate of drug-likeness (QED) is 0.594. The average molecular weight is 287 g/mol. The summed E-state index contributed by atoms with van der Waals surface area (Å²) in [5.41, 5.74) is 7.52. The molecule has 1 heteroatoms. The highest BCUT2D eigenvalue weighted by molar-refractivity contribution is 5.69. The Balaban J connectivity index is 1.89. The molecule has 3 aromatic carbocycles. The summed E-state index contributed by atoms with van der Waals surface area (Å²) in [7, 11) is 2.12. The predicted molar refractivity (Wildman–Crippen MR) is 95.9 cm³/mol. The highest BCUT2D eigenvalue weighted by Gasteiger charge is 2.05. The van der Waals surface area contributed by atoms with Gasteiger partial charge in [-0.15, -0.1) is 0 Å². The molecule has 3 aromatic rings. The van der Waals surface area contributed by atoms with Crippen LogP contribution in [0.5, 0.6) is 0 Å². The molecule has 1 nitrogen and oxygen atoms in total. The molecule has 0 heterocycles. The molecule has 0 fully saturated rings. The summed E-state index contributed by atoms with van der Waals surface area (Å²) in [5.74, 6) is 0. The van der Waals surface area contributed by atoms with Gasteiger partial charge in [0.2, 0.25) is 0 Å². The normalized spacial score (nSPS) is 10.5. The highest BCUT2D eigenvalue weighted by atomic mass is 15.1. The van der Waals surface area contributed by atoms with E-state index in [1.54, 1.807) is 0 Å². The van der Waals surface area contributed by atoms with Crippen LogP contribution in [0.2, 0.25) is 0 Å². The Morgan fingerprint density at radius 1 is 0.591 bits per heavy atom. The number of hydrogen-bond donors (Lipinski definition) is 0. The Morgan fingerprint density at radius 2 is 1.14 bits per heavy atom. The zero-order chi connectivity index (χ0) is 15.5. The monoisotopic (exact) mass is 287 g/mol. The van der Waals surface area contributed by atoms with Crippen LogP contribution in [0.1, 0.15) is 11.1 Å². The minimum atomic E-state index is 1.20. The van der Waals surface area contributed by atoms with E-state index in [2.05, 4.69) is 92.5 Å². The van der Waals surface area contributed by atoms with Crippen molar-refractivity contribution in [2.24, 2.45) is 0 Å². The van der Waals surface area contributed by atoms with Crippen LogP contribution in [0.4, 0.5) is 11.4 Å². The fourth-order valence-electron chi connectivity index (χ4n) is 2.80. The third-order valence-electron chi connectivity index (χ3n) is 3.96. The third-order valence-corrected chi connectivity index (χ3v) is 3.96. The van der Waals surface area contributed by atoms with E-state index in [0.29, 0.717) is 0 Å². The van der Waals surface area contributed by atoms with Crippen LogP contribution in [-0.2, 0) is 0 Å². The lowest BCUT2D eigenvalue weighted by Gasteiger charge is -2.21. The molecular weight excluding hydrogens is 266 g/mol. The topological polar surface area (TPSA) is 3.24 Å². The molecule has 0 spiro atoms. The number of hydrogen-bond acceptors (Lipinski definition) is 1. The molecule has 0 saturated heterocycles. The first-order chi connectivity index (χ1) is 10.6. The van der Waals surface area contributed by atoms with Crippen molar-refractivity contribution in [3.8, 4) is 11.1 Å². The van der Waals surface area contributed by atoms with Gasteiger partial charge >= 0.3 is 0 Å². The number of benzene rings is 3. The van der Waals surface area contributed by atoms with E-state index in [4.69, 9.17) is 0 Å². The van der Waals surface area contributed by atoms with Crippen molar-refractivity contribution in [1.82, 2.24) is 0 Å². The summed E-state index contributed by atoms with van der Waals surface area (Å²) in [6.45, 7) is 4.28. The summed E-state index contributed by atoms with van der Waals surface area (Å²) in [6.07, 6.45) is 0. The van der Waals surface area contributed by atoms with Crippen LogP contribution in [0.15, 0.2) is 72.8 Å². The van der Waals surface area contributed by atoms with E-state index in [1.807, 2.05) is 6.07 Å². The van der Waals surface area contributed by atoms with Gasteiger partial charge in [0.15, 0.2) is 0 Å². The minimum Gasteiger partial charge on any atom is -0.345 e. The molecule has 3 rings (SSSR count). The molecule has 0 atom stereocenters. The van der Waals surface area contributed by atoms with Crippen molar-refractivity contribution >= 4 is 11.4 Å². The second kappa shape index (κ2) is 6.07. The van der Waals surface area contributed by atoms with Crippen molar-refractivity contribution in [2.75, 3.05) is 11.9 Å². The number of anilines is 2. The third kappa shape index (κ3) is 3.04. The van der Waals surface area contributed by atoms with Crippen molar-refractivity contribution < 1.29 is 0 Å². The SMILES string of the molecule is Cc1cc(C)cc(N(C)c2ccc(-c3ccccc3)cc2)c1. The molecule has 0 saturated carbocycles. The summed E-state index contributed by atoms with van der Waals surface area (Å²) in [5, 5.41) is 0. The standard InChI is InChI=1S/C21H21N/c1-16-13-17(2)15-21(14-16)22(3)20-11-9-19(10-12-20)18-7-5-4-6-8-18/h4-15H,1-3H3. The first kappa shape index (κ1) is 14.4. The van der Waals surface area contributed by atoms with Crippen molar-refractivity contribution in [2.45, 2.75) is 13.8 Å². The van der Waals surface area contributed by atoms with Crippen molar-refractivity contribution in [3.05, 3.63) is 83.9 Å². The summed E-state index contributed by atoms with van der Waals surface area (Å²) >= 11 is 0. The van der Waals surface area contributed by atoms with E-state index in [0.717, 1.165) is 0 Å². The molecule has 0 bridgehead atoms. The second-order valence-corrected chi connectivity index (χ2v) is 5.82. The van der Waals surface area contributed by atoms with E-state index in [-0.39, 0.29) is 0 Å². The maximum Gasteiger partial charge on any atom is 0.0413 e. The van der Waals surface area contributed by atoms with Gasteiger partial charge in [-0.25, -0.2) is 0 Å². The first-order valence-electron chi connectivity index (χ1n) is 7.61. The highest BCUT2D eigenvalue weighted by Crippen LogP contribution is 2.28. The molecule has 0 aliphatic carbocycles. The summed E-state index contributed by atoms with van der Waals surface area (Å²) in [4.78, 5) is 2.23. The van der Waals surface area contributed by atoms with Gasteiger partial charge in [-0.05, 0) is 60.4 Å². The molecule has 0 aliphatic rings. The summed E-state index contributed by atoms with van der Waals surface area (Å²) in [6, 6.07) is 25.9. The Kier molecular flexibility index (Phi) is 3.97. The maximum absolute atomic E-state index is 2.23. The largest absolute Gasteiger partial charge is 0.345 e. The van der Waals surface area contributed by atoms with Crippen LogP contribution < -0.4 is 4.90 Å². The predicted octanol–water partition coefficient (Wildman–Crippen LogP) is 5.74. The molecule has 0 amide bonds. The van der Waals surface area contributed by atoms with Crippen molar-refractivity contribution in [1.29, 1.82) is 0 Å². The Hall–Kier alpha value is -2.54. The smallest absolute Gasteiger partial charge is 0.0413 e. The lowest BCUT2D eigenvalue weighted by Crippen LogP contribution is -2.09.